The number of rotatable bonds is 10. The third-order valence-electron chi connectivity index (χ3n) is 12.0. The first-order valence-corrected chi connectivity index (χ1v) is 15.1. The molecule has 0 amide bonds. The van der Waals surface area contributed by atoms with E-state index >= 15 is 0 Å². The maximum absolute atomic E-state index is 12.3. The van der Waals surface area contributed by atoms with E-state index in [9.17, 15) is 9.90 Å². The van der Waals surface area contributed by atoms with E-state index in [1.54, 1.807) is 7.11 Å². The van der Waals surface area contributed by atoms with Crippen LogP contribution >= 0.6 is 0 Å². The van der Waals surface area contributed by atoms with Crippen molar-refractivity contribution in [3.8, 4) is 0 Å². The van der Waals surface area contributed by atoms with Crippen LogP contribution in [0.4, 0.5) is 0 Å². The van der Waals surface area contributed by atoms with E-state index in [1.807, 2.05) is 0 Å². The van der Waals surface area contributed by atoms with E-state index in [1.165, 1.54) is 44.9 Å². The maximum atomic E-state index is 12.3. The summed E-state index contributed by atoms with van der Waals surface area (Å²) in [5.41, 5.74) is 0.676. The Morgan fingerprint density at radius 2 is 1.75 bits per heavy atom. The molecule has 208 valence electrons. The fourth-order valence-corrected chi connectivity index (χ4v) is 10.1. The molecule has 1 N–H and O–H groups in total. The lowest BCUT2D eigenvalue weighted by atomic mass is 9.41. The van der Waals surface area contributed by atoms with Crippen molar-refractivity contribution in [3.63, 3.8) is 0 Å². The molecule has 0 aromatic carbocycles. The van der Waals surface area contributed by atoms with Gasteiger partial charge in [0.25, 0.3) is 0 Å². The second-order valence-electron chi connectivity index (χ2n) is 13.6. The average molecular weight is 507 g/mol. The molecule has 4 fully saturated rings. The van der Waals surface area contributed by atoms with Crippen LogP contribution in [0, 0.1) is 58.2 Å². The minimum absolute atomic E-state index is 0.0118. The Balaban J connectivity index is 1.41. The predicted octanol–water partition coefficient (Wildman–Crippen LogP) is 6.47. The standard InChI is InChI=1S/C31H54O5/c1-7-22-26-18-20(2)12-14-31(26,5)25-13-15-30(4)23(9-10-24(30)28(25)29(22)33)21(3)8-11-27(32)36-19-35-17-16-34-6/h20-26,28-29,33H,7-19H2,1-6H3/t20-,21-,22-,23-,24+,25+,26+,28+,29-,30-,31-/m1/s1. The number of hydrogen-bond acceptors (Lipinski definition) is 5. The van der Waals surface area contributed by atoms with Crippen molar-refractivity contribution in [1.82, 2.24) is 0 Å². The molecule has 0 heterocycles. The molecular weight excluding hydrogens is 452 g/mol. The van der Waals surface area contributed by atoms with Gasteiger partial charge in [-0.1, -0.05) is 47.5 Å². The van der Waals surface area contributed by atoms with Crippen molar-refractivity contribution in [2.45, 2.75) is 105 Å². The van der Waals surface area contributed by atoms with Gasteiger partial charge in [0.1, 0.15) is 0 Å². The first kappa shape index (κ1) is 28.4. The van der Waals surface area contributed by atoms with Gasteiger partial charge < -0.3 is 19.3 Å². The Morgan fingerprint density at radius 1 is 1.03 bits per heavy atom. The molecule has 5 heteroatoms. The summed E-state index contributed by atoms with van der Waals surface area (Å²) < 4.78 is 15.5. The van der Waals surface area contributed by atoms with Crippen molar-refractivity contribution < 1.29 is 24.1 Å². The van der Waals surface area contributed by atoms with Gasteiger partial charge in [-0.05, 0) is 103 Å². The van der Waals surface area contributed by atoms with Crippen LogP contribution in [0.5, 0.6) is 0 Å². The Bertz CT molecular complexity index is 740. The van der Waals surface area contributed by atoms with Crippen LogP contribution in [0.25, 0.3) is 0 Å². The summed E-state index contributed by atoms with van der Waals surface area (Å²) in [5.74, 6) is 4.63. The minimum Gasteiger partial charge on any atom is -0.438 e. The normalized spacial score (nSPS) is 44.9. The average Bonchev–Trinajstić information content (AvgIpc) is 3.21. The molecule has 5 nitrogen and oxygen atoms in total. The van der Waals surface area contributed by atoms with Gasteiger partial charge in [0.15, 0.2) is 6.79 Å². The van der Waals surface area contributed by atoms with Crippen LogP contribution < -0.4 is 0 Å². The lowest BCUT2D eigenvalue weighted by Crippen LogP contribution is -2.61. The van der Waals surface area contributed by atoms with Gasteiger partial charge in [0.05, 0.1) is 19.3 Å². The maximum Gasteiger partial charge on any atom is 0.307 e. The highest BCUT2D eigenvalue weighted by Crippen LogP contribution is 2.69. The van der Waals surface area contributed by atoms with Crippen molar-refractivity contribution in [2.75, 3.05) is 27.1 Å². The predicted molar refractivity (Wildman–Crippen MR) is 142 cm³/mol. The Kier molecular flexibility index (Phi) is 9.15. The fourth-order valence-electron chi connectivity index (χ4n) is 10.1. The van der Waals surface area contributed by atoms with E-state index < -0.39 is 0 Å². The quantitative estimate of drug-likeness (QED) is 0.209. The van der Waals surface area contributed by atoms with Gasteiger partial charge in [0, 0.05) is 13.5 Å². The number of methoxy groups -OCH3 is 1. The third kappa shape index (κ3) is 5.15. The van der Waals surface area contributed by atoms with Gasteiger partial charge in [-0.25, -0.2) is 0 Å². The van der Waals surface area contributed by atoms with Gasteiger partial charge >= 0.3 is 5.97 Å². The van der Waals surface area contributed by atoms with Gasteiger partial charge in [0.2, 0.25) is 0 Å². The molecule has 0 spiro atoms. The lowest BCUT2D eigenvalue weighted by molar-refractivity contribution is -0.198. The molecule has 0 saturated heterocycles. The summed E-state index contributed by atoms with van der Waals surface area (Å²) in [6.07, 6.45) is 11.4. The van der Waals surface area contributed by atoms with Gasteiger partial charge in [-0.3, -0.25) is 4.79 Å². The number of hydrogen-bond donors (Lipinski definition) is 1. The summed E-state index contributed by atoms with van der Waals surface area (Å²) in [7, 11) is 1.63. The van der Waals surface area contributed by atoms with E-state index in [0.29, 0.717) is 66.5 Å². The Morgan fingerprint density at radius 3 is 2.47 bits per heavy atom. The highest BCUT2D eigenvalue weighted by atomic mass is 16.7. The number of ether oxygens (including phenoxy) is 3. The fraction of sp³-hybridized carbons (Fsp3) is 0.968. The summed E-state index contributed by atoms with van der Waals surface area (Å²) in [5, 5.41) is 11.9. The van der Waals surface area contributed by atoms with Crippen molar-refractivity contribution in [3.05, 3.63) is 0 Å². The molecule has 4 aliphatic carbocycles. The zero-order chi connectivity index (χ0) is 26.1. The Hall–Kier alpha value is -0.650. The second-order valence-corrected chi connectivity index (χ2v) is 13.6. The number of esters is 1. The molecule has 4 rings (SSSR count). The molecule has 4 saturated carbocycles. The number of aliphatic hydroxyl groups excluding tert-OH is 1. The second kappa shape index (κ2) is 11.6. The third-order valence-corrected chi connectivity index (χ3v) is 12.0. The molecule has 0 radical (unpaired) electrons. The smallest absolute Gasteiger partial charge is 0.307 e. The molecule has 0 aliphatic heterocycles. The van der Waals surface area contributed by atoms with Crippen LogP contribution in [0.1, 0.15) is 98.8 Å². The largest absolute Gasteiger partial charge is 0.438 e. The van der Waals surface area contributed by atoms with Crippen LogP contribution in [-0.4, -0.2) is 44.3 Å². The van der Waals surface area contributed by atoms with Crippen molar-refractivity contribution in [1.29, 1.82) is 0 Å². The van der Waals surface area contributed by atoms with Crippen molar-refractivity contribution >= 4 is 5.97 Å². The topological polar surface area (TPSA) is 65.0 Å². The summed E-state index contributed by atoms with van der Waals surface area (Å²) in [6, 6.07) is 0. The van der Waals surface area contributed by atoms with E-state index in [4.69, 9.17) is 14.2 Å². The molecule has 11 atom stereocenters. The summed E-state index contributed by atoms with van der Waals surface area (Å²) in [6.45, 7) is 13.2. The molecule has 0 aromatic heterocycles. The highest BCUT2D eigenvalue weighted by Gasteiger charge is 2.64. The molecule has 0 aromatic rings. The summed E-state index contributed by atoms with van der Waals surface area (Å²) in [4.78, 5) is 12.3. The van der Waals surface area contributed by atoms with Gasteiger partial charge in [-0.15, -0.1) is 0 Å². The van der Waals surface area contributed by atoms with E-state index in [0.717, 1.165) is 18.8 Å². The molecule has 0 unspecified atom stereocenters. The van der Waals surface area contributed by atoms with E-state index in [2.05, 4.69) is 34.6 Å². The first-order chi connectivity index (χ1) is 17.2. The SMILES string of the molecule is CC[C@H]1[C@@H](O)[C@@H]2[C@H](CC[C@]3(C)[C@@H]([C@H](C)CCC(=O)OCOCCOC)CC[C@@H]23)[C@@]2(C)CC[C@@H](C)C[C@@H]12. The number of carbonyl (C=O) groups excluding carboxylic acids is 1. The zero-order valence-corrected chi connectivity index (χ0v) is 24.0. The van der Waals surface area contributed by atoms with Crippen LogP contribution in [-0.2, 0) is 19.0 Å². The monoisotopic (exact) mass is 506 g/mol. The number of fused-ring (bicyclic) bond motifs is 5. The Labute approximate surface area is 220 Å². The van der Waals surface area contributed by atoms with Gasteiger partial charge in [-0.2, -0.15) is 0 Å². The van der Waals surface area contributed by atoms with Crippen LogP contribution in [0.2, 0.25) is 0 Å². The number of aliphatic hydroxyl groups is 1. The molecular formula is C31H54O5. The van der Waals surface area contributed by atoms with Crippen LogP contribution in [0.3, 0.4) is 0 Å². The van der Waals surface area contributed by atoms with E-state index in [-0.39, 0.29) is 24.3 Å². The number of carbonyl (C=O) groups is 1. The lowest BCUT2D eigenvalue weighted by Gasteiger charge is -2.65. The minimum atomic E-state index is -0.165. The zero-order valence-electron chi connectivity index (χ0n) is 24.0. The van der Waals surface area contributed by atoms with Crippen LogP contribution in [0.15, 0.2) is 0 Å². The summed E-state index contributed by atoms with van der Waals surface area (Å²) >= 11 is 0. The van der Waals surface area contributed by atoms with Crippen molar-refractivity contribution in [2.24, 2.45) is 58.2 Å². The molecule has 0 bridgehead atoms. The molecule has 4 aliphatic rings. The molecule has 36 heavy (non-hydrogen) atoms. The highest BCUT2D eigenvalue weighted by molar-refractivity contribution is 5.69. The first-order valence-electron chi connectivity index (χ1n) is 15.1.